The molecule has 4 nitrogen and oxygen atoms in total. The standard InChI is InChI=1S/C18H21NO3/c19-10-16(20)12-21-17-7-6-14-8-15(11-22-18(14)9-17)13-4-2-1-3-5-13/h1-7,9,15-16,20H,8,10-12,19H2. The zero-order chi connectivity index (χ0) is 15.4. The molecule has 0 fully saturated rings. The molecule has 3 N–H and O–H groups in total. The predicted molar refractivity (Wildman–Crippen MR) is 85.4 cm³/mol. The molecule has 0 radical (unpaired) electrons. The van der Waals surface area contributed by atoms with Crippen LogP contribution in [-0.4, -0.2) is 31.0 Å². The summed E-state index contributed by atoms with van der Waals surface area (Å²) in [5, 5.41) is 9.44. The molecule has 0 saturated carbocycles. The Morgan fingerprint density at radius 3 is 2.82 bits per heavy atom. The number of hydrogen-bond acceptors (Lipinski definition) is 4. The fraction of sp³-hybridized carbons (Fsp3) is 0.333. The molecule has 1 aliphatic heterocycles. The van der Waals surface area contributed by atoms with Crippen LogP contribution in [0.4, 0.5) is 0 Å². The molecule has 22 heavy (non-hydrogen) atoms. The smallest absolute Gasteiger partial charge is 0.126 e. The highest BCUT2D eigenvalue weighted by Crippen LogP contribution is 2.34. The van der Waals surface area contributed by atoms with Gasteiger partial charge in [-0.15, -0.1) is 0 Å². The monoisotopic (exact) mass is 299 g/mol. The summed E-state index contributed by atoms with van der Waals surface area (Å²) in [6.45, 7) is 1.06. The number of aliphatic hydroxyl groups excluding tert-OH is 1. The molecule has 2 unspecified atom stereocenters. The van der Waals surface area contributed by atoms with Crippen LogP contribution in [0.25, 0.3) is 0 Å². The largest absolute Gasteiger partial charge is 0.493 e. The Kier molecular flexibility index (Phi) is 4.61. The summed E-state index contributed by atoms with van der Waals surface area (Å²) in [5.41, 5.74) is 7.85. The molecule has 4 heteroatoms. The van der Waals surface area contributed by atoms with Gasteiger partial charge in [-0.1, -0.05) is 36.4 Å². The number of fused-ring (bicyclic) bond motifs is 1. The summed E-state index contributed by atoms with van der Waals surface area (Å²) >= 11 is 0. The highest BCUT2D eigenvalue weighted by Gasteiger charge is 2.21. The lowest BCUT2D eigenvalue weighted by molar-refractivity contribution is 0.114. The molecule has 0 aromatic heterocycles. The van der Waals surface area contributed by atoms with Crippen LogP contribution >= 0.6 is 0 Å². The Morgan fingerprint density at radius 2 is 2.05 bits per heavy atom. The minimum Gasteiger partial charge on any atom is -0.493 e. The van der Waals surface area contributed by atoms with E-state index >= 15 is 0 Å². The van der Waals surface area contributed by atoms with Crippen molar-refractivity contribution < 1.29 is 14.6 Å². The van der Waals surface area contributed by atoms with E-state index in [0.29, 0.717) is 18.3 Å². The van der Waals surface area contributed by atoms with E-state index < -0.39 is 6.10 Å². The van der Waals surface area contributed by atoms with E-state index in [1.165, 1.54) is 11.1 Å². The van der Waals surface area contributed by atoms with Crippen molar-refractivity contribution in [3.63, 3.8) is 0 Å². The van der Waals surface area contributed by atoms with Crippen LogP contribution in [0.15, 0.2) is 48.5 Å². The number of ether oxygens (including phenoxy) is 2. The van der Waals surface area contributed by atoms with Crippen molar-refractivity contribution in [1.29, 1.82) is 0 Å². The molecule has 0 spiro atoms. The van der Waals surface area contributed by atoms with Crippen molar-refractivity contribution >= 4 is 0 Å². The maximum absolute atomic E-state index is 9.44. The third-order valence-corrected chi connectivity index (χ3v) is 3.93. The number of aliphatic hydroxyl groups is 1. The fourth-order valence-corrected chi connectivity index (χ4v) is 2.64. The van der Waals surface area contributed by atoms with Crippen molar-refractivity contribution in [2.75, 3.05) is 19.8 Å². The van der Waals surface area contributed by atoms with Gasteiger partial charge in [-0.2, -0.15) is 0 Å². The van der Waals surface area contributed by atoms with Crippen molar-refractivity contribution in [3.05, 3.63) is 59.7 Å². The highest BCUT2D eigenvalue weighted by molar-refractivity contribution is 5.43. The summed E-state index contributed by atoms with van der Waals surface area (Å²) < 4.78 is 11.4. The van der Waals surface area contributed by atoms with Gasteiger partial charge in [0.15, 0.2) is 0 Å². The zero-order valence-electron chi connectivity index (χ0n) is 12.4. The van der Waals surface area contributed by atoms with Gasteiger partial charge in [0.1, 0.15) is 24.2 Å². The third kappa shape index (κ3) is 3.40. The second-order valence-electron chi connectivity index (χ2n) is 5.59. The molecule has 2 aromatic rings. The average Bonchev–Trinajstić information content (AvgIpc) is 2.59. The second-order valence-corrected chi connectivity index (χ2v) is 5.59. The van der Waals surface area contributed by atoms with Gasteiger partial charge in [-0.3, -0.25) is 0 Å². The first-order chi connectivity index (χ1) is 10.8. The molecular formula is C18H21NO3. The zero-order valence-corrected chi connectivity index (χ0v) is 12.4. The highest BCUT2D eigenvalue weighted by atomic mass is 16.5. The van der Waals surface area contributed by atoms with Gasteiger partial charge < -0.3 is 20.3 Å². The molecular weight excluding hydrogens is 278 g/mol. The molecule has 3 rings (SSSR count). The minimum absolute atomic E-state index is 0.195. The summed E-state index contributed by atoms with van der Waals surface area (Å²) in [5.74, 6) is 1.95. The van der Waals surface area contributed by atoms with E-state index in [0.717, 1.165) is 12.2 Å². The van der Waals surface area contributed by atoms with E-state index in [9.17, 15) is 5.11 Å². The van der Waals surface area contributed by atoms with Crippen LogP contribution in [0.5, 0.6) is 11.5 Å². The van der Waals surface area contributed by atoms with Crippen molar-refractivity contribution in [1.82, 2.24) is 0 Å². The SMILES string of the molecule is NCC(O)COc1ccc2c(c1)OCC(c1ccccc1)C2. The van der Waals surface area contributed by atoms with Crippen LogP contribution in [0.1, 0.15) is 17.0 Å². The van der Waals surface area contributed by atoms with Gasteiger partial charge in [-0.05, 0) is 23.6 Å². The Morgan fingerprint density at radius 1 is 1.23 bits per heavy atom. The number of benzene rings is 2. The molecule has 2 atom stereocenters. The van der Waals surface area contributed by atoms with Gasteiger partial charge in [0.2, 0.25) is 0 Å². The lowest BCUT2D eigenvalue weighted by Crippen LogP contribution is -2.26. The molecule has 116 valence electrons. The molecule has 0 amide bonds. The van der Waals surface area contributed by atoms with Gasteiger partial charge in [0, 0.05) is 18.5 Å². The Hall–Kier alpha value is -2.04. The van der Waals surface area contributed by atoms with Crippen LogP contribution in [0.2, 0.25) is 0 Å². The first-order valence-electron chi connectivity index (χ1n) is 7.58. The maximum Gasteiger partial charge on any atom is 0.126 e. The van der Waals surface area contributed by atoms with Crippen LogP contribution in [0.3, 0.4) is 0 Å². The van der Waals surface area contributed by atoms with E-state index in [1.807, 2.05) is 24.3 Å². The Labute approximate surface area is 130 Å². The Bertz CT molecular complexity index is 615. The van der Waals surface area contributed by atoms with Gasteiger partial charge in [0.25, 0.3) is 0 Å². The van der Waals surface area contributed by atoms with E-state index in [-0.39, 0.29) is 13.2 Å². The summed E-state index contributed by atoms with van der Waals surface area (Å²) in [6.07, 6.45) is 0.324. The molecule has 2 aromatic carbocycles. The van der Waals surface area contributed by atoms with Crippen molar-refractivity contribution in [3.8, 4) is 11.5 Å². The molecule has 0 saturated heterocycles. The fourth-order valence-electron chi connectivity index (χ4n) is 2.64. The van der Waals surface area contributed by atoms with Crippen molar-refractivity contribution in [2.45, 2.75) is 18.4 Å². The topological polar surface area (TPSA) is 64.7 Å². The molecule has 1 aliphatic rings. The maximum atomic E-state index is 9.44. The van der Waals surface area contributed by atoms with Gasteiger partial charge in [-0.25, -0.2) is 0 Å². The molecule has 1 heterocycles. The van der Waals surface area contributed by atoms with Crippen LogP contribution in [-0.2, 0) is 6.42 Å². The Balaban J connectivity index is 1.68. The molecule has 0 aliphatic carbocycles. The number of rotatable bonds is 5. The third-order valence-electron chi connectivity index (χ3n) is 3.93. The molecule has 0 bridgehead atoms. The average molecular weight is 299 g/mol. The van der Waals surface area contributed by atoms with Crippen molar-refractivity contribution in [2.24, 2.45) is 5.73 Å². The lowest BCUT2D eigenvalue weighted by Gasteiger charge is -2.26. The summed E-state index contributed by atoms with van der Waals surface area (Å²) in [4.78, 5) is 0. The van der Waals surface area contributed by atoms with E-state index in [2.05, 4.69) is 24.3 Å². The predicted octanol–water partition coefficient (Wildman–Crippen LogP) is 2.10. The van der Waals surface area contributed by atoms with E-state index in [1.54, 1.807) is 0 Å². The quantitative estimate of drug-likeness (QED) is 0.887. The second kappa shape index (κ2) is 6.81. The summed E-state index contributed by atoms with van der Waals surface area (Å²) in [6, 6.07) is 16.3. The normalized spacial score (nSPS) is 18.2. The number of nitrogens with two attached hydrogens (primary N) is 1. The van der Waals surface area contributed by atoms with Crippen LogP contribution in [0, 0.1) is 0 Å². The van der Waals surface area contributed by atoms with E-state index in [4.69, 9.17) is 15.2 Å². The van der Waals surface area contributed by atoms with Crippen LogP contribution < -0.4 is 15.2 Å². The minimum atomic E-state index is -0.639. The van der Waals surface area contributed by atoms with Gasteiger partial charge in [0.05, 0.1) is 6.61 Å². The lowest BCUT2D eigenvalue weighted by atomic mass is 9.90. The summed E-state index contributed by atoms with van der Waals surface area (Å²) in [7, 11) is 0. The number of hydrogen-bond donors (Lipinski definition) is 2. The van der Waals surface area contributed by atoms with Gasteiger partial charge >= 0.3 is 0 Å². The first-order valence-corrected chi connectivity index (χ1v) is 7.58. The first kappa shape index (κ1) is 14.9.